The standard InChI is InChI=1S/C16H17N5O2S/c1-23-9-8-20-11-18-19-16(20)24-14-6-7-21(15(14)22)13-4-2-12(10-17)3-5-13/h2-5,11,14H,6-9H2,1H3/t14-/m1/s1. The molecule has 8 heteroatoms. The smallest absolute Gasteiger partial charge is 0.240 e. The number of nitriles is 1. The van der Waals surface area contributed by atoms with Crippen molar-refractivity contribution in [2.45, 2.75) is 23.4 Å². The summed E-state index contributed by atoms with van der Waals surface area (Å²) in [6.07, 6.45) is 2.40. The second kappa shape index (κ2) is 7.47. The first-order chi connectivity index (χ1) is 11.7. The summed E-state index contributed by atoms with van der Waals surface area (Å²) in [7, 11) is 1.65. The Balaban J connectivity index is 1.68. The third-order valence-corrected chi connectivity index (χ3v) is 5.08. The maximum Gasteiger partial charge on any atom is 0.240 e. The summed E-state index contributed by atoms with van der Waals surface area (Å²) >= 11 is 1.44. The lowest BCUT2D eigenvalue weighted by Crippen LogP contribution is -2.28. The van der Waals surface area contributed by atoms with Gasteiger partial charge in [-0.05, 0) is 30.7 Å². The Morgan fingerprint density at radius 1 is 1.42 bits per heavy atom. The number of thioether (sulfide) groups is 1. The molecule has 3 rings (SSSR count). The van der Waals surface area contributed by atoms with Crippen LogP contribution in [0.25, 0.3) is 0 Å². The zero-order valence-corrected chi connectivity index (χ0v) is 14.1. The Kier molecular flexibility index (Phi) is 5.13. The van der Waals surface area contributed by atoms with E-state index >= 15 is 0 Å². The molecule has 124 valence electrons. The third-order valence-electron chi connectivity index (χ3n) is 3.83. The molecule has 0 N–H and O–H groups in total. The van der Waals surface area contributed by atoms with Crippen LogP contribution in [0.2, 0.25) is 0 Å². The van der Waals surface area contributed by atoms with Crippen molar-refractivity contribution in [3.8, 4) is 6.07 Å². The predicted molar refractivity (Wildman–Crippen MR) is 89.7 cm³/mol. The average molecular weight is 343 g/mol. The van der Waals surface area contributed by atoms with Crippen LogP contribution in [0.3, 0.4) is 0 Å². The maximum atomic E-state index is 12.7. The van der Waals surface area contributed by atoms with Crippen molar-refractivity contribution < 1.29 is 9.53 Å². The average Bonchev–Trinajstić information content (AvgIpc) is 3.21. The van der Waals surface area contributed by atoms with Crippen LogP contribution in [0.15, 0.2) is 35.7 Å². The molecule has 1 aromatic carbocycles. The van der Waals surface area contributed by atoms with Crippen LogP contribution in [-0.2, 0) is 16.1 Å². The summed E-state index contributed by atoms with van der Waals surface area (Å²) in [5, 5.41) is 17.4. The van der Waals surface area contributed by atoms with Gasteiger partial charge in [0.05, 0.1) is 23.5 Å². The molecule has 2 heterocycles. The van der Waals surface area contributed by atoms with Crippen LogP contribution >= 0.6 is 11.8 Å². The molecule has 0 bridgehead atoms. The van der Waals surface area contributed by atoms with Gasteiger partial charge >= 0.3 is 0 Å². The van der Waals surface area contributed by atoms with Crippen molar-refractivity contribution in [1.82, 2.24) is 14.8 Å². The number of benzene rings is 1. The van der Waals surface area contributed by atoms with Gasteiger partial charge in [-0.2, -0.15) is 5.26 Å². The lowest BCUT2D eigenvalue weighted by molar-refractivity contribution is -0.116. The minimum atomic E-state index is -0.175. The lowest BCUT2D eigenvalue weighted by Gasteiger charge is -2.16. The fourth-order valence-electron chi connectivity index (χ4n) is 2.54. The molecule has 24 heavy (non-hydrogen) atoms. The van der Waals surface area contributed by atoms with E-state index in [1.54, 1.807) is 30.5 Å². The topological polar surface area (TPSA) is 84.0 Å². The van der Waals surface area contributed by atoms with Crippen LogP contribution in [0.4, 0.5) is 5.69 Å². The zero-order chi connectivity index (χ0) is 16.9. The summed E-state index contributed by atoms with van der Waals surface area (Å²) < 4.78 is 6.97. The molecule has 0 aliphatic carbocycles. The van der Waals surface area contributed by atoms with Crippen LogP contribution in [-0.4, -0.2) is 46.2 Å². The molecule has 1 fully saturated rings. The van der Waals surface area contributed by atoms with Gasteiger partial charge in [0.25, 0.3) is 0 Å². The Hall–Kier alpha value is -2.37. The lowest BCUT2D eigenvalue weighted by atomic mass is 10.2. The van der Waals surface area contributed by atoms with E-state index in [0.29, 0.717) is 25.3 Å². The number of anilines is 1. The first-order valence-electron chi connectivity index (χ1n) is 7.58. The maximum absolute atomic E-state index is 12.7. The normalized spacial score (nSPS) is 17.2. The van der Waals surface area contributed by atoms with Crippen molar-refractivity contribution in [3.05, 3.63) is 36.2 Å². The monoisotopic (exact) mass is 343 g/mol. The van der Waals surface area contributed by atoms with E-state index in [2.05, 4.69) is 16.3 Å². The molecule has 0 spiro atoms. The van der Waals surface area contributed by atoms with E-state index in [-0.39, 0.29) is 11.2 Å². The summed E-state index contributed by atoms with van der Waals surface area (Å²) in [6.45, 7) is 1.89. The number of carbonyl (C=O) groups excluding carboxylic acids is 1. The molecule has 0 unspecified atom stereocenters. The van der Waals surface area contributed by atoms with Crippen molar-refractivity contribution >= 4 is 23.4 Å². The molecule has 0 saturated carbocycles. The molecule has 1 amide bonds. The number of nitrogens with zero attached hydrogens (tertiary/aromatic N) is 5. The third kappa shape index (κ3) is 3.42. The Bertz CT molecular complexity index is 753. The summed E-state index contributed by atoms with van der Waals surface area (Å²) in [5.41, 5.74) is 1.41. The summed E-state index contributed by atoms with van der Waals surface area (Å²) in [4.78, 5) is 14.4. The largest absolute Gasteiger partial charge is 0.383 e. The Labute approximate surface area is 144 Å². The van der Waals surface area contributed by atoms with Gasteiger partial charge in [-0.1, -0.05) is 11.8 Å². The van der Waals surface area contributed by atoms with E-state index in [9.17, 15) is 4.79 Å². The van der Waals surface area contributed by atoms with Gasteiger partial charge in [0, 0.05) is 25.9 Å². The number of aromatic nitrogens is 3. The van der Waals surface area contributed by atoms with Gasteiger partial charge in [0.1, 0.15) is 6.33 Å². The van der Waals surface area contributed by atoms with E-state index in [1.165, 1.54) is 11.8 Å². The second-order valence-corrected chi connectivity index (χ2v) is 6.51. The number of rotatable bonds is 6. The number of amides is 1. The van der Waals surface area contributed by atoms with Gasteiger partial charge in [-0.15, -0.1) is 10.2 Å². The molecule has 1 aliphatic heterocycles. The molecule has 1 aliphatic rings. The van der Waals surface area contributed by atoms with E-state index in [1.807, 2.05) is 16.7 Å². The van der Waals surface area contributed by atoms with Crippen molar-refractivity contribution in [3.63, 3.8) is 0 Å². The van der Waals surface area contributed by atoms with E-state index < -0.39 is 0 Å². The molecule has 2 aromatic rings. The van der Waals surface area contributed by atoms with Gasteiger partial charge < -0.3 is 14.2 Å². The van der Waals surface area contributed by atoms with Crippen LogP contribution in [0, 0.1) is 11.3 Å². The number of methoxy groups -OCH3 is 1. The number of ether oxygens (including phenoxy) is 1. The van der Waals surface area contributed by atoms with E-state index in [0.717, 1.165) is 17.3 Å². The number of carbonyl (C=O) groups is 1. The molecule has 1 aromatic heterocycles. The number of hydrogen-bond acceptors (Lipinski definition) is 6. The molecule has 1 atom stereocenters. The van der Waals surface area contributed by atoms with E-state index in [4.69, 9.17) is 10.00 Å². The minimum Gasteiger partial charge on any atom is -0.383 e. The fraction of sp³-hybridized carbons (Fsp3) is 0.375. The Morgan fingerprint density at radius 3 is 2.92 bits per heavy atom. The minimum absolute atomic E-state index is 0.0611. The van der Waals surface area contributed by atoms with Crippen LogP contribution in [0.1, 0.15) is 12.0 Å². The van der Waals surface area contributed by atoms with Crippen LogP contribution < -0.4 is 4.90 Å². The predicted octanol–water partition coefficient (Wildman–Crippen LogP) is 1.69. The SMILES string of the molecule is COCCn1cnnc1S[C@@H]1CCN(c2ccc(C#N)cc2)C1=O. The fourth-order valence-corrected chi connectivity index (χ4v) is 3.62. The zero-order valence-electron chi connectivity index (χ0n) is 13.3. The molecule has 0 radical (unpaired) electrons. The molecule has 7 nitrogen and oxygen atoms in total. The molecular weight excluding hydrogens is 326 g/mol. The van der Waals surface area contributed by atoms with Gasteiger partial charge in [0.2, 0.25) is 5.91 Å². The van der Waals surface area contributed by atoms with Crippen molar-refractivity contribution in [2.75, 3.05) is 25.2 Å². The molecular formula is C16H17N5O2S. The van der Waals surface area contributed by atoms with Gasteiger partial charge in [-0.3, -0.25) is 4.79 Å². The number of hydrogen-bond donors (Lipinski definition) is 0. The summed E-state index contributed by atoms with van der Waals surface area (Å²) in [5.74, 6) is 0.0611. The first-order valence-corrected chi connectivity index (χ1v) is 8.46. The van der Waals surface area contributed by atoms with Gasteiger partial charge in [0.15, 0.2) is 5.16 Å². The van der Waals surface area contributed by atoms with Crippen molar-refractivity contribution in [1.29, 1.82) is 5.26 Å². The van der Waals surface area contributed by atoms with Gasteiger partial charge in [-0.25, -0.2) is 0 Å². The molecule has 1 saturated heterocycles. The first kappa shape index (κ1) is 16.5. The Morgan fingerprint density at radius 2 is 2.21 bits per heavy atom. The summed E-state index contributed by atoms with van der Waals surface area (Å²) in [6, 6.07) is 9.16. The van der Waals surface area contributed by atoms with Crippen molar-refractivity contribution in [2.24, 2.45) is 0 Å². The quantitative estimate of drug-likeness (QED) is 0.794. The van der Waals surface area contributed by atoms with Crippen LogP contribution in [0.5, 0.6) is 0 Å². The highest BCUT2D eigenvalue weighted by Gasteiger charge is 2.34. The highest BCUT2D eigenvalue weighted by Crippen LogP contribution is 2.32. The highest BCUT2D eigenvalue weighted by molar-refractivity contribution is 8.00. The second-order valence-electron chi connectivity index (χ2n) is 5.34. The highest BCUT2D eigenvalue weighted by atomic mass is 32.2.